The Morgan fingerprint density at radius 3 is 2.91 bits per heavy atom. The van der Waals surface area contributed by atoms with Gasteiger partial charge in [-0.2, -0.15) is 0 Å². The normalized spacial score (nSPS) is 18.7. The van der Waals surface area contributed by atoms with Crippen molar-refractivity contribution in [2.45, 2.75) is 24.4 Å². The summed E-state index contributed by atoms with van der Waals surface area (Å²) >= 11 is 5.99. The second-order valence-corrected chi connectivity index (χ2v) is 7.77. The van der Waals surface area contributed by atoms with Crippen LogP contribution in [-0.2, 0) is 16.4 Å². The van der Waals surface area contributed by atoms with Gasteiger partial charge < -0.3 is 4.90 Å². The number of amides is 1. The minimum atomic E-state index is -3.43. The minimum Gasteiger partial charge on any atom is -0.332 e. The van der Waals surface area contributed by atoms with Crippen LogP contribution in [0.3, 0.4) is 0 Å². The Kier molecular flexibility index (Phi) is 3.89. The maximum Gasteiger partial charge on any atom is 0.274 e. The molecule has 122 valence electrons. The summed E-state index contributed by atoms with van der Waals surface area (Å²) in [7, 11) is -1.85. The van der Waals surface area contributed by atoms with Gasteiger partial charge in [0.1, 0.15) is 5.69 Å². The highest BCUT2D eigenvalue weighted by molar-refractivity contribution is 7.91. The molecule has 1 aliphatic rings. The SMILES string of the molecule is CCn1nncc1C(=O)N(C)C1CS(=O)(=O)c2ccc(Cl)cc21. The molecule has 0 aliphatic carbocycles. The van der Waals surface area contributed by atoms with Gasteiger partial charge in [-0.05, 0) is 30.7 Å². The van der Waals surface area contributed by atoms with Crippen LogP contribution in [0.1, 0.15) is 29.0 Å². The number of rotatable bonds is 3. The third-order valence-corrected chi connectivity index (χ3v) is 6.00. The molecule has 1 unspecified atom stereocenters. The number of hydrogen-bond acceptors (Lipinski definition) is 5. The summed E-state index contributed by atoms with van der Waals surface area (Å²) < 4.78 is 26.1. The molecule has 1 aliphatic heterocycles. The molecule has 1 aromatic heterocycles. The van der Waals surface area contributed by atoms with Crippen LogP contribution in [0.15, 0.2) is 29.3 Å². The van der Waals surface area contributed by atoms with Crippen molar-refractivity contribution in [3.63, 3.8) is 0 Å². The predicted molar refractivity (Wildman–Crippen MR) is 84.0 cm³/mol. The van der Waals surface area contributed by atoms with E-state index in [-0.39, 0.29) is 16.6 Å². The largest absolute Gasteiger partial charge is 0.332 e. The maximum absolute atomic E-state index is 12.7. The van der Waals surface area contributed by atoms with Gasteiger partial charge in [0.25, 0.3) is 5.91 Å². The van der Waals surface area contributed by atoms with E-state index in [0.717, 1.165) is 0 Å². The van der Waals surface area contributed by atoms with Crippen molar-refractivity contribution < 1.29 is 13.2 Å². The van der Waals surface area contributed by atoms with Crippen molar-refractivity contribution in [1.82, 2.24) is 19.9 Å². The number of sulfone groups is 1. The summed E-state index contributed by atoms with van der Waals surface area (Å²) in [6, 6.07) is 4.05. The van der Waals surface area contributed by atoms with E-state index < -0.39 is 15.9 Å². The molecule has 2 heterocycles. The minimum absolute atomic E-state index is 0.154. The van der Waals surface area contributed by atoms with Crippen molar-refractivity contribution in [3.05, 3.63) is 40.7 Å². The third-order valence-electron chi connectivity index (χ3n) is 3.97. The number of carbonyl (C=O) groups excluding carboxylic acids is 1. The van der Waals surface area contributed by atoms with Crippen molar-refractivity contribution in [1.29, 1.82) is 0 Å². The monoisotopic (exact) mass is 354 g/mol. The fourth-order valence-corrected chi connectivity index (χ4v) is 4.76. The number of nitrogens with zero attached hydrogens (tertiary/aromatic N) is 4. The van der Waals surface area contributed by atoms with Gasteiger partial charge in [0.15, 0.2) is 9.84 Å². The Labute approximate surface area is 138 Å². The molecule has 0 N–H and O–H groups in total. The number of aromatic nitrogens is 3. The lowest BCUT2D eigenvalue weighted by atomic mass is 10.1. The molecule has 0 fully saturated rings. The molecule has 1 atom stereocenters. The molecular weight excluding hydrogens is 340 g/mol. The van der Waals surface area contributed by atoms with Crippen LogP contribution in [0.25, 0.3) is 0 Å². The van der Waals surface area contributed by atoms with Crippen LogP contribution < -0.4 is 0 Å². The number of aryl methyl sites for hydroxylation is 1. The second-order valence-electron chi connectivity index (χ2n) is 5.33. The molecule has 23 heavy (non-hydrogen) atoms. The van der Waals surface area contributed by atoms with Crippen molar-refractivity contribution in [2.24, 2.45) is 0 Å². The van der Waals surface area contributed by atoms with Gasteiger partial charge >= 0.3 is 0 Å². The summed E-state index contributed by atoms with van der Waals surface area (Å²) in [5.41, 5.74) is 0.867. The van der Waals surface area contributed by atoms with E-state index in [4.69, 9.17) is 11.6 Å². The van der Waals surface area contributed by atoms with Gasteiger partial charge in [0.2, 0.25) is 0 Å². The molecule has 1 amide bonds. The summed E-state index contributed by atoms with van der Waals surface area (Å²) in [5.74, 6) is -0.483. The Morgan fingerprint density at radius 2 is 2.22 bits per heavy atom. The molecule has 7 nitrogen and oxygen atoms in total. The molecule has 0 spiro atoms. The molecule has 0 radical (unpaired) electrons. The second kappa shape index (κ2) is 5.61. The average molecular weight is 355 g/mol. The highest BCUT2D eigenvalue weighted by atomic mass is 35.5. The van der Waals surface area contributed by atoms with Crippen LogP contribution >= 0.6 is 11.6 Å². The number of carbonyl (C=O) groups is 1. The van der Waals surface area contributed by atoms with Gasteiger partial charge in [0.05, 0.1) is 22.9 Å². The van der Waals surface area contributed by atoms with Crippen molar-refractivity contribution >= 4 is 27.3 Å². The van der Waals surface area contributed by atoms with Gasteiger partial charge in [-0.15, -0.1) is 5.10 Å². The van der Waals surface area contributed by atoms with Gasteiger partial charge in [-0.3, -0.25) is 4.79 Å². The summed E-state index contributed by atoms with van der Waals surface area (Å²) in [5, 5.41) is 8.00. The van der Waals surface area contributed by atoms with Crippen LogP contribution in [0.2, 0.25) is 5.02 Å². The first-order chi connectivity index (χ1) is 10.8. The van der Waals surface area contributed by atoms with Gasteiger partial charge in [-0.1, -0.05) is 16.8 Å². The van der Waals surface area contributed by atoms with E-state index in [1.165, 1.54) is 27.9 Å². The topological polar surface area (TPSA) is 85.2 Å². The zero-order chi connectivity index (χ0) is 16.8. The molecule has 3 rings (SSSR count). The molecule has 1 aromatic carbocycles. The first-order valence-electron chi connectivity index (χ1n) is 7.03. The number of fused-ring (bicyclic) bond motifs is 1. The van der Waals surface area contributed by atoms with E-state index in [0.29, 0.717) is 22.8 Å². The lowest BCUT2D eigenvalue weighted by Crippen LogP contribution is -2.33. The molecule has 0 saturated carbocycles. The quantitative estimate of drug-likeness (QED) is 0.834. The van der Waals surface area contributed by atoms with E-state index in [2.05, 4.69) is 10.3 Å². The Hall–Kier alpha value is -1.93. The van der Waals surface area contributed by atoms with Crippen LogP contribution in [0.4, 0.5) is 0 Å². The standard InChI is InChI=1S/C14H15ClN4O3S/c1-3-19-11(7-16-17-19)14(20)18(2)12-8-23(21,22)13-5-4-9(15)6-10(12)13/h4-7,12H,3,8H2,1-2H3. The molecule has 0 bridgehead atoms. The summed E-state index contributed by atoms with van der Waals surface area (Å²) in [6.07, 6.45) is 1.38. The number of benzene rings is 1. The van der Waals surface area contributed by atoms with Gasteiger partial charge in [-0.25, -0.2) is 13.1 Å². The highest BCUT2D eigenvalue weighted by Crippen LogP contribution is 2.38. The maximum atomic E-state index is 12.7. The van der Waals surface area contributed by atoms with Crippen LogP contribution in [0.5, 0.6) is 0 Å². The molecule has 9 heteroatoms. The predicted octanol–water partition coefficient (Wildman–Crippen LogP) is 1.55. The lowest BCUT2D eigenvalue weighted by Gasteiger charge is -2.24. The average Bonchev–Trinajstić information content (AvgIpc) is 3.08. The van der Waals surface area contributed by atoms with Gasteiger partial charge in [0, 0.05) is 18.6 Å². The van der Waals surface area contributed by atoms with E-state index in [1.807, 2.05) is 6.92 Å². The lowest BCUT2D eigenvalue weighted by molar-refractivity contribution is 0.0733. The zero-order valence-corrected chi connectivity index (χ0v) is 14.2. The van der Waals surface area contributed by atoms with Crippen LogP contribution in [-0.4, -0.2) is 47.0 Å². The van der Waals surface area contributed by atoms with E-state index in [1.54, 1.807) is 13.1 Å². The Bertz CT molecular complexity index is 878. The number of halogens is 1. The highest BCUT2D eigenvalue weighted by Gasteiger charge is 2.39. The Balaban J connectivity index is 2.00. The Morgan fingerprint density at radius 1 is 1.48 bits per heavy atom. The van der Waals surface area contributed by atoms with Crippen molar-refractivity contribution in [2.75, 3.05) is 12.8 Å². The van der Waals surface area contributed by atoms with E-state index in [9.17, 15) is 13.2 Å². The summed E-state index contributed by atoms with van der Waals surface area (Å²) in [4.78, 5) is 14.3. The smallest absolute Gasteiger partial charge is 0.274 e. The van der Waals surface area contributed by atoms with Crippen molar-refractivity contribution in [3.8, 4) is 0 Å². The first-order valence-corrected chi connectivity index (χ1v) is 9.06. The van der Waals surface area contributed by atoms with E-state index >= 15 is 0 Å². The fourth-order valence-electron chi connectivity index (χ4n) is 2.75. The molecule has 0 saturated heterocycles. The summed E-state index contributed by atoms with van der Waals surface area (Å²) in [6.45, 7) is 2.35. The molecular formula is C14H15ClN4O3S. The first kappa shape index (κ1) is 15.9. The fraction of sp³-hybridized carbons (Fsp3) is 0.357. The zero-order valence-electron chi connectivity index (χ0n) is 12.6. The molecule has 2 aromatic rings. The number of hydrogen-bond donors (Lipinski definition) is 0. The third kappa shape index (κ3) is 2.61. The van der Waals surface area contributed by atoms with Crippen LogP contribution in [0, 0.1) is 0 Å².